The number of hydrogen-bond acceptors (Lipinski definition) is 5. The van der Waals surface area contributed by atoms with E-state index in [0.29, 0.717) is 11.5 Å². The van der Waals surface area contributed by atoms with E-state index in [1.807, 2.05) is 0 Å². The molecule has 116 valence electrons. The maximum absolute atomic E-state index is 12.1. The molecule has 1 aliphatic carbocycles. The summed E-state index contributed by atoms with van der Waals surface area (Å²) in [6.07, 6.45) is 2.13. The van der Waals surface area contributed by atoms with Crippen LogP contribution >= 0.6 is 0 Å². The van der Waals surface area contributed by atoms with Gasteiger partial charge in [-0.05, 0) is 49.9 Å². The molecule has 0 aliphatic heterocycles. The van der Waals surface area contributed by atoms with E-state index in [0.717, 1.165) is 12.8 Å². The molecule has 0 saturated heterocycles. The van der Waals surface area contributed by atoms with Crippen molar-refractivity contribution < 1.29 is 17.9 Å². The van der Waals surface area contributed by atoms with Gasteiger partial charge >= 0.3 is 5.97 Å². The number of hydrogen-bond donors (Lipinski definition) is 2. The molecule has 1 aromatic carbocycles. The third-order valence-corrected chi connectivity index (χ3v) is 4.85. The standard InChI is InChI=1S/C14H20N2O4S/c1-2-20-14(17)11-5-7-12(8-6-11)21(18,19)16-9-13(15)10-3-4-10/h5-8,10,13,16H,2-4,9,15H2,1H3. The van der Waals surface area contributed by atoms with E-state index in [-0.39, 0.29) is 24.1 Å². The fourth-order valence-corrected chi connectivity index (χ4v) is 3.04. The molecule has 0 spiro atoms. The number of carbonyl (C=O) groups is 1. The van der Waals surface area contributed by atoms with Crippen LogP contribution in [0.3, 0.4) is 0 Å². The Labute approximate surface area is 124 Å². The second-order valence-electron chi connectivity index (χ2n) is 5.10. The molecule has 2 rings (SSSR count). The Morgan fingerprint density at radius 3 is 2.52 bits per heavy atom. The summed E-state index contributed by atoms with van der Waals surface area (Å²) in [7, 11) is -3.60. The molecule has 0 heterocycles. The Balaban J connectivity index is 2.00. The second-order valence-corrected chi connectivity index (χ2v) is 6.86. The second kappa shape index (κ2) is 6.55. The lowest BCUT2D eigenvalue weighted by Crippen LogP contribution is -2.38. The zero-order valence-electron chi connectivity index (χ0n) is 11.9. The van der Waals surface area contributed by atoms with E-state index >= 15 is 0 Å². The number of rotatable bonds is 7. The Bertz CT molecular complexity index is 594. The first kappa shape index (κ1) is 15.9. The molecule has 7 heteroatoms. The summed E-state index contributed by atoms with van der Waals surface area (Å²) in [6.45, 7) is 2.22. The van der Waals surface area contributed by atoms with Gasteiger partial charge in [-0.1, -0.05) is 0 Å². The van der Waals surface area contributed by atoms with Crippen LogP contribution in [0.15, 0.2) is 29.2 Å². The SMILES string of the molecule is CCOC(=O)c1ccc(S(=O)(=O)NCC(N)C2CC2)cc1. The normalized spacial score (nSPS) is 16.5. The third-order valence-electron chi connectivity index (χ3n) is 3.41. The molecular weight excluding hydrogens is 292 g/mol. The maximum atomic E-state index is 12.1. The number of nitrogens with two attached hydrogens (primary N) is 1. The molecule has 21 heavy (non-hydrogen) atoms. The van der Waals surface area contributed by atoms with Gasteiger partial charge in [0, 0.05) is 12.6 Å². The van der Waals surface area contributed by atoms with Crippen LogP contribution in [-0.4, -0.2) is 33.6 Å². The minimum atomic E-state index is -3.60. The van der Waals surface area contributed by atoms with Gasteiger partial charge in [-0.25, -0.2) is 17.9 Å². The molecule has 1 saturated carbocycles. The van der Waals surface area contributed by atoms with Gasteiger partial charge in [0.05, 0.1) is 17.1 Å². The van der Waals surface area contributed by atoms with E-state index in [4.69, 9.17) is 10.5 Å². The first-order valence-electron chi connectivity index (χ1n) is 6.96. The first-order valence-corrected chi connectivity index (χ1v) is 8.45. The van der Waals surface area contributed by atoms with Crippen molar-refractivity contribution in [3.8, 4) is 0 Å². The largest absolute Gasteiger partial charge is 0.462 e. The van der Waals surface area contributed by atoms with Crippen LogP contribution in [0.25, 0.3) is 0 Å². The van der Waals surface area contributed by atoms with Crippen molar-refractivity contribution in [2.75, 3.05) is 13.2 Å². The summed E-state index contributed by atoms with van der Waals surface area (Å²) in [5.41, 5.74) is 6.20. The summed E-state index contributed by atoms with van der Waals surface area (Å²) in [5.74, 6) is -0.0379. The van der Waals surface area contributed by atoms with Crippen molar-refractivity contribution in [1.29, 1.82) is 0 Å². The quantitative estimate of drug-likeness (QED) is 0.728. The lowest BCUT2D eigenvalue weighted by atomic mass is 10.2. The van der Waals surface area contributed by atoms with Crippen molar-refractivity contribution >= 4 is 16.0 Å². The highest BCUT2D eigenvalue weighted by molar-refractivity contribution is 7.89. The van der Waals surface area contributed by atoms with Crippen molar-refractivity contribution in [2.45, 2.75) is 30.7 Å². The van der Waals surface area contributed by atoms with Crippen molar-refractivity contribution in [2.24, 2.45) is 11.7 Å². The zero-order chi connectivity index (χ0) is 15.5. The molecule has 1 atom stereocenters. The highest BCUT2D eigenvalue weighted by Crippen LogP contribution is 2.31. The highest BCUT2D eigenvalue weighted by atomic mass is 32.2. The molecule has 0 amide bonds. The molecule has 6 nitrogen and oxygen atoms in total. The topological polar surface area (TPSA) is 98.5 Å². The predicted molar refractivity (Wildman–Crippen MR) is 78.3 cm³/mol. The maximum Gasteiger partial charge on any atom is 0.338 e. The Kier molecular flexibility index (Phi) is 4.97. The monoisotopic (exact) mass is 312 g/mol. The summed E-state index contributed by atoms with van der Waals surface area (Å²) in [5, 5.41) is 0. The van der Waals surface area contributed by atoms with Gasteiger partial charge in [0.25, 0.3) is 0 Å². The van der Waals surface area contributed by atoms with Gasteiger partial charge in [0.15, 0.2) is 0 Å². The molecule has 0 bridgehead atoms. The van der Waals surface area contributed by atoms with Crippen molar-refractivity contribution in [3.63, 3.8) is 0 Å². The molecule has 1 aromatic rings. The molecule has 3 N–H and O–H groups in total. The van der Waals surface area contributed by atoms with Crippen LogP contribution in [0.1, 0.15) is 30.1 Å². The smallest absolute Gasteiger partial charge is 0.338 e. The fourth-order valence-electron chi connectivity index (χ4n) is 1.96. The number of sulfonamides is 1. The number of ether oxygens (including phenoxy) is 1. The van der Waals surface area contributed by atoms with E-state index < -0.39 is 16.0 Å². The van der Waals surface area contributed by atoms with E-state index in [2.05, 4.69) is 4.72 Å². The van der Waals surface area contributed by atoms with Crippen molar-refractivity contribution in [3.05, 3.63) is 29.8 Å². The average Bonchev–Trinajstić information content (AvgIpc) is 3.30. The van der Waals surface area contributed by atoms with Crippen LogP contribution in [0.4, 0.5) is 0 Å². The van der Waals surface area contributed by atoms with Gasteiger partial charge in [0.1, 0.15) is 0 Å². The summed E-state index contributed by atoms with van der Waals surface area (Å²) >= 11 is 0. The summed E-state index contributed by atoms with van der Waals surface area (Å²) in [4.78, 5) is 11.6. The Hall–Kier alpha value is -1.44. The van der Waals surface area contributed by atoms with Gasteiger partial charge in [-0.2, -0.15) is 0 Å². The van der Waals surface area contributed by atoms with Crippen LogP contribution in [0.5, 0.6) is 0 Å². The minimum Gasteiger partial charge on any atom is -0.462 e. The van der Waals surface area contributed by atoms with Crippen LogP contribution < -0.4 is 10.5 Å². The van der Waals surface area contributed by atoms with Gasteiger partial charge in [-0.3, -0.25) is 0 Å². The number of nitrogens with one attached hydrogen (secondary N) is 1. The minimum absolute atomic E-state index is 0.110. The molecular formula is C14H20N2O4S. The lowest BCUT2D eigenvalue weighted by molar-refractivity contribution is 0.0526. The Morgan fingerprint density at radius 1 is 1.38 bits per heavy atom. The average molecular weight is 312 g/mol. The molecule has 1 aliphatic rings. The van der Waals surface area contributed by atoms with E-state index in [1.54, 1.807) is 6.92 Å². The zero-order valence-corrected chi connectivity index (χ0v) is 12.7. The van der Waals surface area contributed by atoms with Gasteiger partial charge in [0.2, 0.25) is 10.0 Å². The highest BCUT2D eigenvalue weighted by Gasteiger charge is 2.29. The van der Waals surface area contributed by atoms with Crippen LogP contribution in [0, 0.1) is 5.92 Å². The fraction of sp³-hybridized carbons (Fsp3) is 0.500. The molecule has 0 radical (unpaired) electrons. The van der Waals surface area contributed by atoms with Gasteiger partial charge < -0.3 is 10.5 Å². The number of carbonyl (C=O) groups excluding carboxylic acids is 1. The summed E-state index contributed by atoms with van der Waals surface area (Å²) in [6, 6.07) is 5.51. The molecule has 1 unspecified atom stereocenters. The predicted octanol–water partition coefficient (Wildman–Crippen LogP) is 0.879. The first-order chi connectivity index (χ1) is 9.94. The molecule has 1 fully saturated rings. The van der Waals surface area contributed by atoms with E-state index in [9.17, 15) is 13.2 Å². The van der Waals surface area contributed by atoms with Crippen LogP contribution in [-0.2, 0) is 14.8 Å². The van der Waals surface area contributed by atoms with Crippen LogP contribution in [0.2, 0.25) is 0 Å². The third kappa shape index (κ3) is 4.26. The Morgan fingerprint density at radius 2 is 2.00 bits per heavy atom. The lowest BCUT2D eigenvalue weighted by Gasteiger charge is -2.12. The number of esters is 1. The number of benzene rings is 1. The molecule has 0 aromatic heterocycles. The van der Waals surface area contributed by atoms with E-state index in [1.165, 1.54) is 24.3 Å². The summed E-state index contributed by atoms with van der Waals surface area (Å²) < 4.78 is 31.6. The van der Waals surface area contributed by atoms with Gasteiger partial charge in [-0.15, -0.1) is 0 Å². The van der Waals surface area contributed by atoms with Crippen molar-refractivity contribution in [1.82, 2.24) is 4.72 Å².